The number of nitrogens with one attached hydrogen (secondary N) is 18. The van der Waals surface area contributed by atoms with Crippen LogP contribution >= 0.6 is 21.6 Å². The van der Waals surface area contributed by atoms with Crippen molar-refractivity contribution in [2.75, 3.05) is 31.3 Å². The number of fused-ring (bicyclic) bond motifs is 1. The van der Waals surface area contributed by atoms with Crippen LogP contribution in [-0.4, -0.2) is 288 Å². The second-order valence-electron chi connectivity index (χ2n) is 31.0. The molecule has 1 aliphatic rings. The number of aromatic nitrogens is 1. The maximum absolute atomic E-state index is 15.2. The fourth-order valence-corrected chi connectivity index (χ4v) is 15.2. The fraction of sp³-hybridized carbons (Fsp3) is 0.487. The maximum atomic E-state index is 15.2. The number of hydrogen-bond donors (Lipinski definition) is 29. The largest absolute Gasteiger partial charge is 0.508 e. The van der Waals surface area contributed by atoms with Crippen LogP contribution in [0, 0.1) is 11.3 Å². The number of primary amides is 4. The molecule has 1 saturated heterocycles. The molecule has 131 heavy (non-hydrogen) atoms. The van der Waals surface area contributed by atoms with Crippen LogP contribution in [0.25, 0.3) is 10.9 Å². The third-order valence-corrected chi connectivity index (χ3v) is 22.2. The molecule has 0 aliphatic carbocycles. The van der Waals surface area contributed by atoms with Crippen molar-refractivity contribution >= 4 is 157 Å². The molecule has 49 nitrogen and oxygen atoms in total. The number of aromatic hydroxyl groups is 2. The Morgan fingerprint density at radius 3 is 1.33 bits per heavy atom. The van der Waals surface area contributed by atoms with E-state index < -0.39 is 309 Å². The lowest BCUT2D eigenvalue weighted by molar-refractivity contribution is -0.142. The Morgan fingerprint density at radius 2 is 0.870 bits per heavy atom. The lowest BCUT2D eigenvalue weighted by Gasteiger charge is -2.29. The number of hydrogen-bond acceptors (Lipinski definition) is 28. The van der Waals surface area contributed by atoms with E-state index in [0.29, 0.717) is 16.5 Å². The van der Waals surface area contributed by atoms with E-state index in [1.165, 1.54) is 54.7 Å². The van der Waals surface area contributed by atoms with Crippen LogP contribution < -0.4 is 114 Å². The lowest BCUT2D eigenvalue weighted by Crippen LogP contribution is -2.62. The molecular weight excluding hydrogens is 1760 g/mol. The highest BCUT2D eigenvalue weighted by Crippen LogP contribution is 2.25. The first kappa shape index (κ1) is 108. The number of phenols is 2. The minimum Gasteiger partial charge on any atom is -0.508 e. The van der Waals surface area contributed by atoms with E-state index in [4.69, 9.17) is 34.1 Å². The summed E-state index contributed by atoms with van der Waals surface area (Å²) in [7, 11) is 1.48. The number of amides is 19. The van der Waals surface area contributed by atoms with Gasteiger partial charge < -0.3 is 149 Å². The summed E-state index contributed by atoms with van der Waals surface area (Å²) in [5.74, 6) is -27.3. The van der Waals surface area contributed by atoms with Gasteiger partial charge in [-0.25, -0.2) is 0 Å². The molecule has 3 aromatic carbocycles. The SMILES string of the molecule is CC(=O)N[C@H]1CSSCC(C(N)=O)NC(=O)[C@H](CC(N)=O)NC(=O)C(CC(=O)O)NC(=O)[C@H](C)NC(=O)[C@H](CCC(N)=O)NC(=O)[C@H](CO)NC(=O)[C@H](Cc2ccc(O)cc2)NC(=O)C(CCCNC(=N)N)NC(=O)[C@H](Cc2c[nH]c3ccccc23)NC(=O)C(CO)NC(=O)[C@H](CCC(N)=O)NC(=O)C(Cc2ccc(O)cc2)NC(=O)C(CC(C)C)NC(=O)C([C@@H](C)O)NC1=O. The second kappa shape index (κ2) is 53.1. The molecule has 1 fully saturated rings. The van der Waals surface area contributed by atoms with Crippen molar-refractivity contribution in [1.82, 2.24) is 90.1 Å². The Balaban J connectivity index is 1.65. The standard InChI is InChI=1S/C80H113N23O26S2/c1-36(2)25-50-70(120)96-51(26-40-12-16-43(108)17-13-40)71(121)92-49(21-23-61(82)111)69(119)100-57(33-105)77(127)97-53(28-42-31-88-46-10-7-6-9-45(42)46)73(123)91-47(11-8-24-87-80(85)86)68(118)95-52(27-41-14-18-44(109)19-15-41)72(122)101-56(32-104)76(126)93-48(20-22-60(81)110)67(117)89-37(3)66(116)94-55(30-63(113)114)75(125)98-54(29-62(83)112)74(124)102-58(65(84)115)34-130-131-35-59(90-39(5)107)78(128)103-64(38(4)106)79(129)99-50/h6-7,9-10,12-19,31,36-38,47-59,64,88,104-106,108-109H,8,11,20-30,32-35H2,1-5H3,(H2,81,110)(H2,82,111)(H2,83,112)(H2,84,115)(H,89,117)(H,90,107)(H,91,123)(H,92,121)(H,93,126)(H,94,116)(H,95,118)(H,96,120)(H,97,127)(H,98,125)(H,99,129)(H,100,119)(H,101,122)(H,102,124)(H,103,128)(H,113,114)(H4,85,86,87)/t37-,38+,47?,48-,49-,50?,51?,52-,53-,54-,55?,56-,57?,58?,59-,64?/m0/s1. The number of carboxylic acid groups (broad SMARTS) is 1. The number of phenolic OH excluding ortho intramolecular Hbond substituents is 2. The minimum absolute atomic E-state index is 0.109. The van der Waals surface area contributed by atoms with Crippen LogP contribution in [0.15, 0.2) is 79.0 Å². The van der Waals surface area contributed by atoms with Gasteiger partial charge in [-0.1, -0.05) is 77.9 Å². The van der Waals surface area contributed by atoms with Gasteiger partial charge in [-0.05, 0) is 98.9 Å². The van der Waals surface area contributed by atoms with Gasteiger partial charge in [-0.2, -0.15) is 0 Å². The average molecular weight is 1880 g/mol. The normalized spacial score (nSPS) is 24.2. The number of nitrogens with two attached hydrogens (primary N) is 5. The van der Waals surface area contributed by atoms with E-state index in [1.54, 1.807) is 38.1 Å². The van der Waals surface area contributed by atoms with Gasteiger partial charge in [0.2, 0.25) is 112 Å². The molecule has 4 aromatic rings. The van der Waals surface area contributed by atoms with Crippen molar-refractivity contribution in [3.8, 4) is 11.5 Å². The number of aliphatic carboxylic acids is 1. The molecule has 16 atom stereocenters. The van der Waals surface area contributed by atoms with Crippen LogP contribution in [0.5, 0.6) is 11.5 Å². The first-order chi connectivity index (χ1) is 61.7. The first-order valence-corrected chi connectivity index (χ1v) is 43.5. The number of carbonyl (C=O) groups excluding carboxylic acids is 19. The molecular formula is C80H113N23O26S2. The van der Waals surface area contributed by atoms with Gasteiger partial charge in [0.25, 0.3) is 0 Å². The molecule has 2 heterocycles. The van der Waals surface area contributed by atoms with E-state index in [9.17, 15) is 117 Å². The number of guanidine groups is 1. The van der Waals surface area contributed by atoms with Crippen LogP contribution in [0.1, 0.15) is 109 Å². The van der Waals surface area contributed by atoms with Gasteiger partial charge in [-0.3, -0.25) is 101 Å². The molecule has 716 valence electrons. The average Bonchev–Trinajstić information content (AvgIpc) is 1.65. The fourth-order valence-electron chi connectivity index (χ4n) is 12.9. The van der Waals surface area contributed by atoms with E-state index in [-0.39, 0.29) is 48.4 Å². The monoisotopic (exact) mass is 1880 g/mol. The van der Waals surface area contributed by atoms with Gasteiger partial charge >= 0.3 is 5.97 Å². The quantitative estimate of drug-likeness (QED) is 0.0114. The second-order valence-corrected chi connectivity index (χ2v) is 33.5. The number of aromatic amines is 1. The molecule has 0 spiro atoms. The third-order valence-electron chi connectivity index (χ3n) is 19.7. The van der Waals surface area contributed by atoms with Gasteiger partial charge in [0.15, 0.2) is 5.96 Å². The van der Waals surface area contributed by atoms with Crippen molar-refractivity contribution in [3.05, 3.63) is 95.7 Å². The minimum atomic E-state index is -2.18. The highest BCUT2D eigenvalue weighted by Gasteiger charge is 2.40. The zero-order chi connectivity index (χ0) is 97.6. The predicted molar refractivity (Wildman–Crippen MR) is 467 cm³/mol. The zero-order valence-corrected chi connectivity index (χ0v) is 73.5. The van der Waals surface area contributed by atoms with Crippen LogP contribution in [0.2, 0.25) is 0 Å². The van der Waals surface area contributed by atoms with Gasteiger partial charge in [0.1, 0.15) is 102 Å². The smallest absolute Gasteiger partial charge is 0.305 e. The molecule has 5 rings (SSSR count). The molecule has 0 radical (unpaired) electrons. The molecule has 7 unspecified atom stereocenters. The lowest BCUT2D eigenvalue weighted by atomic mass is 10.00. The van der Waals surface area contributed by atoms with E-state index in [2.05, 4.69) is 90.1 Å². The molecule has 19 amide bonds. The van der Waals surface area contributed by atoms with Crippen molar-refractivity contribution < 1.29 is 127 Å². The summed E-state index contributed by atoms with van der Waals surface area (Å²) in [5.41, 5.74) is 29.0. The van der Waals surface area contributed by atoms with Crippen molar-refractivity contribution in [1.29, 1.82) is 5.41 Å². The highest BCUT2D eigenvalue weighted by atomic mass is 33.1. The van der Waals surface area contributed by atoms with Gasteiger partial charge in [-0.15, -0.1) is 0 Å². The number of para-hydroxylation sites is 1. The molecule has 1 aliphatic heterocycles. The maximum Gasteiger partial charge on any atom is 0.305 e. The van der Waals surface area contributed by atoms with Crippen molar-refractivity contribution in [2.45, 2.75) is 208 Å². The molecule has 34 N–H and O–H groups in total. The zero-order valence-electron chi connectivity index (χ0n) is 71.9. The Hall–Kier alpha value is -14.0. The number of H-pyrrole nitrogens is 1. The van der Waals surface area contributed by atoms with E-state index >= 15 is 9.59 Å². The number of aliphatic hydroxyl groups is 3. The number of carboxylic acids is 1. The van der Waals surface area contributed by atoms with Gasteiger partial charge in [0, 0.05) is 74.2 Å². The predicted octanol–water partition coefficient (Wildman–Crippen LogP) is -9.65. The Kier molecular flexibility index (Phi) is 43.6. The number of aliphatic hydroxyl groups excluding tert-OH is 3. The summed E-state index contributed by atoms with van der Waals surface area (Å²) in [5, 5.41) is 109. The van der Waals surface area contributed by atoms with Crippen molar-refractivity contribution in [3.63, 3.8) is 0 Å². The summed E-state index contributed by atoms with van der Waals surface area (Å²) in [6, 6.07) is -11.3. The summed E-state index contributed by atoms with van der Waals surface area (Å²) in [4.78, 5) is 281. The van der Waals surface area contributed by atoms with Crippen molar-refractivity contribution in [2.24, 2.45) is 34.6 Å². The Morgan fingerprint density at radius 1 is 0.466 bits per heavy atom. The Labute approximate surface area is 756 Å². The number of rotatable bonds is 27. The number of benzene rings is 3. The van der Waals surface area contributed by atoms with Crippen LogP contribution in [-0.2, 0) is 115 Å². The van der Waals surface area contributed by atoms with E-state index in [1.807, 2.05) is 0 Å². The third kappa shape index (κ3) is 37.0. The highest BCUT2D eigenvalue weighted by molar-refractivity contribution is 8.76. The topological polar surface area (TPSA) is 825 Å². The summed E-state index contributed by atoms with van der Waals surface area (Å²) in [6.45, 7) is 3.66. The molecule has 1 aromatic heterocycles. The van der Waals surface area contributed by atoms with E-state index in [0.717, 1.165) is 42.4 Å². The van der Waals surface area contributed by atoms with Crippen LogP contribution in [0.3, 0.4) is 0 Å². The summed E-state index contributed by atoms with van der Waals surface area (Å²) in [6.07, 6.45) is -7.41. The number of carbonyl (C=O) groups is 20. The Bertz CT molecular complexity index is 4780. The summed E-state index contributed by atoms with van der Waals surface area (Å²) >= 11 is 0. The van der Waals surface area contributed by atoms with Crippen LogP contribution in [0.4, 0.5) is 0 Å². The molecule has 0 bridgehead atoms. The molecule has 0 saturated carbocycles. The van der Waals surface area contributed by atoms with Gasteiger partial charge in [0.05, 0.1) is 32.2 Å². The first-order valence-electron chi connectivity index (χ1n) is 41.0. The molecule has 51 heteroatoms. The summed E-state index contributed by atoms with van der Waals surface area (Å²) < 4.78 is 0.